The minimum absolute atomic E-state index is 0.180. The third-order valence-electron chi connectivity index (χ3n) is 4.91. The van der Waals surface area contributed by atoms with Crippen LogP contribution in [0.2, 0.25) is 5.02 Å². The molecule has 0 bridgehead atoms. The summed E-state index contributed by atoms with van der Waals surface area (Å²) in [6.07, 6.45) is 0. The predicted octanol–water partition coefficient (Wildman–Crippen LogP) is 2.94. The fraction of sp³-hybridized carbons (Fsp3) is 0.158. The summed E-state index contributed by atoms with van der Waals surface area (Å²) in [5, 5.41) is 9.29. The zero-order valence-electron chi connectivity index (χ0n) is 15.3. The molecule has 1 aliphatic heterocycles. The maximum atomic E-state index is 13.5. The van der Waals surface area contributed by atoms with Crippen molar-refractivity contribution in [2.75, 3.05) is 6.54 Å². The van der Waals surface area contributed by atoms with Gasteiger partial charge in [0.25, 0.3) is 5.91 Å². The van der Waals surface area contributed by atoms with Crippen molar-refractivity contribution in [3.05, 3.63) is 58.4 Å². The summed E-state index contributed by atoms with van der Waals surface area (Å²) in [5.74, 6) is -0.935. The molecule has 3 heterocycles. The highest BCUT2D eigenvalue weighted by molar-refractivity contribution is 7.21. The summed E-state index contributed by atoms with van der Waals surface area (Å²) < 4.78 is 29.4. The second-order valence-corrected chi connectivity index (χ2v) is 8.25. The highest BCUT2D eigenvalue weighted by atomic mass is 35.5. The maximum Gasteiger partial charge on any atom is 0.254 e. The number of halogens is 3. The molecule has 0 saturated heterocycles. The first-order chi connectivity index (χ1) is 14.4. The van der Waals surface area contributed by atoms with Gasteiger partial charge in [-0.1, -0.05) is 23.1 Å². The summed E-state index contributed by atoms with van der Waals surface area (Å²) in [5.41, 5.74) is 1.15. The van der Waals surface area contributed by atoms with Crippen LogP contribution in [0.3, 0.4) is 0 Å². The van der Waals surface area contributed by atoms with E-state index in [1.165, 1.54) is 11.3 Å². The molecule has 0 atom stereocenters. The Morgan fingerprint density at radius 2 is 1.93 bits per heavy atom. The number of nitrogens with zero attached hydrogens (tertiary/aromatic N) is 5. The molecule has 0 saturated carbocycles. The number of fused-ring (bicyclic) bond motifs is 2. The Morgan fingerprint density at radius 3 is 2.73 bits per heavy atom. The fourth-order valence-electron chi connectivity index (χ4n) is 3.37. The van der Waals surface area contributed by atoms with Crippen molar-refractivity contribution in [3.8, 4) is 10.8 Å². The van der Waals surface area contributed by atoms with Gasteiger partial charge in [-0.15, -0.1) is 21.5 Å². The largest absolute Gasteiger partial charge is 0.329 e. The number of hydrogen-bond acceptors (Lipinski definition) is 5. The van der Waals surface area contributed by atoms with Crippen LogP contribution < -0.4 is 5.46 Å². The topological polar surface area (TPSA) is 63.9 Å². The number of rotatable bonds is 2. The molecular formula is C19H11BClF2N5OS. The van der Waals surface area contributed by atoms with Gasteiger partial charge in [0.05, 0.1) is 16.8 Å². The number of amides is 1. The Balaban J connectivity index is 1.43. The van der Waals surface area contributed by atoms with Crippen LogP contribution >= 0.6 is 22.9 Å². The smallest absolute Gasteiger partial charge is 0.254 e. The second kappa shape index (κ2) is 7.14. The minimum Gasteiger partial charge on any atom is -0.329 e. The van der Waals surface area contributed by atoms with Crippen LogP contribution in [0, 0.1) is 11.6 Å². The van der Waals surface area contributed by atoms with Gasteiger partial charge in [-0.3, -0.25) is 4.79 Å². The SMILES string of the molecule is [B]c1cc(C(=O)N2CCn3c(nnc3-c3nc4cc(F)c(F)cc4s3)C2)ccc1Cl. The van der Waals surface area contributed by atoms with Gasteiger partial charge < -0.3 is 9.47 Å². The van der Waals surface area contributed by atoms with E-state index in [-0.39, 0.29) is 12.5 Å². The van der Waals surface area contributed by atoms with Crippen molar-refractivity contribution in [2.45, 2.75) is 13.1 Å². The minimum atomic E-state index is -0.945. The Hall–Kier alpha value is -2.85. The predicted molar refractivity (Wildman–Crippen MR) is 110 cm³/mol. The van der Waals surface area contributed by atoms with Gasteiger partial charge in [-0.05, 0) is 18.2 Å². The average molecular weight is 442 g/mol. The zero-order chi connectivity index (χ0) is 21.0. The number of thiazole rings is 1. The van der Waals surface area contributed by atoms with E-state index in [4.69, 9.17) is 19.4 Å². The first kappa shape index (κ1) is 19.1. The Labute approximate surface area is 179 Å². The first-order valence-corrected chi connectivity index (χ1v) is 10.1. The molecule has 5 rings (SSSR count). The zero-order valence-corrected chi connectivity index (χ0v) is 16.8. The lowest BCUT2D eigenvalue weighted by atomic mass is 9.94. The third kappa shape index (κ3) is 3.16. The van der Waals surface area contributed by atoms with Gasteiger partial charge in [0.15, 0.2) is 28.3 Å². The number of carbonyl (C=O) groups is 1. The molecule has 6 nitrogen and oxygen atoms in total. The van der Waals surface area contributed by atoms with E-state index in [1.807, 2.05) is 4.57 Å². The molecule has 148 valence electrons. The van der Waals surface area contributed by atoms with Crippen molar-refractivity contribution in [3.63, 3.8) is 0 Å². The molecule has 11 heteroatoms. The Kier molecular flexibility index (Phi) is 4.55. The summed E-state index contributed by atoms with van der Waals surface area (Å²) in [6, 6.07) is 6.96. The standard InChI is InChI=1S/C19H11BClF2N5OS/c20-10-5-9(1-2-11(10)21)19(29)27-3-4-28-16(8-27)25-26-17(28)18-24-14-6-12(22)13(23)7-15(14)30-18/h1-2,5-7H,3-4,8H2. The monoisotopic (exact) mass is 441 g/mol. The average Bonchev–Trinajstić information content (AvgIpc) is 3.33. The number of aromatic nitrogens is 4. The molecule has 1 amide bonds. The van der Waals surface area contributed by atoms with Gasteiger partial charge in [0.2, 0.25) is 0 Å². The van der Waals surface area contributed by atoms with E-state index in [1.54, 1.807) is 23.1 Å². The molecule has 0 spiro atoms. The van der Waals surface area contributed by atoms with Crippen LogP contribution in [0.4, 0.5) is 8.78 Å². The molecule has 2 radical (unpaired) electrons. The van der Waals surface area contributed by atoms with Gasteiger partial charge in [0.1, 0.15) is 7.85 Å². The van der Waals surface area contributed by atoms with Crippen molar-refractivity contribution in [2.24, 2.45) is 0 Å². The van der Waals surface area contributed by atoms with Crippen LogP contribution in [0.15, 0.2) is 30.3 Å². The quantitative estimate of drug-likeness (QED) is 0.449. The Bertz CT molecular complexity index is 1280. The highest BCUT2D eigenvalue weighted by Crippen LogP contribution is 2.31. The molecule has 2 aromatic carbocycles. The number of benzene rings is 2. The molecule has 0 aliphatic carbocycles. The molecule has 30 heavy (non-hydrogen) atoms. The molecule has 4 aromatic rings. The van der Waals surface area contributed by atoms with Crippen LogP contribution in [0.25, 0.3) is 21.0 Å². The summed E-state index contributed by atoms with van der Waals surface area (Å²) in [4.78, 5) is 18.8. The van der Waals surface area contributed by atoms with Gasteiger partial charge in [-0.25, -0.2) is 13.8 Å². The van der Waals surface area contributed by atoms with E-state index in [9.17, 15) is 13.6 Å². The van der Waals surface area contributed by atoms with E-state index < -0.39 is 11.6 Å². The molecular weight excluding hydrogens is 431 g/mol. The van der Waals surface area contributed by atoms with Crippen LogP contribution in [-0.2, 0) is 13.1 Å². The normalized spacial score (nSPS) is 13.6. The van der Waals surface area contributed by atoms with E-state index in [0.717, 1.165) is 12.1 Å². The third-order valence-corrected chi connectivity index (χ3v) is 6.26. The maximum absolute atomic E-state index is 13.5. The first-order valence-electron chi connectivity index (χ1n) is 8.93. The summed E-state index contributed by atoms with van der Waals surface area (Å²) >= 11 is 7.14. The number of carbonyl (C=O) groups excluding carboxylic acids is 1. The number of hydrogen-bond donors (Lipinski definition) is 0. The summed E-state index contributed by atoms with van der Waals surface area (Å²) in [6.45, 7) is 1.17. The van der Waals surface area contributed by atoms with Crippen molar-refractivity contribution >= 4 is 52.4 Å². The Morgan fingerprint density at radius 1 is 1.13 bits per heavy atom. The van der Waals surface area contributed by atoms with Crippen LogP contribution in [-0.4, -0.2) is 44.9 Å². The fourth-order valence-corrected chi connectivity index (χ4v) is 4.45. The molecule has 0 N–H and O–H groups in total. The van der Waals surface area contributed by atoms with E-state index >= 15 is 0 Å². The molecule has 2 aromatic heterocycles. The van der Waals surface area contributed by atoms with Crippen molar-refractivity contribution in [1.29, 1.82) is 0 Å². The van der Waals surface area contributed by atoms with Crippen LogP contribution in [0.1, 0.15) is 16.2 Å². The second-order valence-electron chi connectivity index (χ2n) is 6.81. The lowest BCUT2D eigenvalue weighted by molar-refractivity contribution is 0.0708. The van der Waals surface area contributed by atoms with Crippen molar-refractivity contribution < 1.29 is 13.6 Å². The lowest BCUT2D eigenvalue weighted by Crippen LogP contribution is -2.38. The molecule has 1 aliphatic rings. The summed E-state index contributed by atoms with van der Waals surface area (Å²) in [7, 11) is 5.80. The van der Waals surface area contributed by atoms with Crippen molar-refractivity contribution in [1.82, 2.24) is 24.6 Å². The van der Waals surface area contributed by atoms with Gasteiger partial charge in [-0.2, -0.15) is 0 Å². The molecule has 0 unspecified atom stereocenters. The molecule has 0 fully saturated rings. The van der Waals surface area contributed by atoms with Gasteiger partial charge in [0, 0.05) is 29.7 Å². The van der Waals surface area contributed by atoms with Crippen LogP contribution in [0.5, 0.6) is 0 Å². The van der Waals surface area contributed by atoms with Gasteiger partial charge >= 0.3 is 0 Å². The van der Waals surface area contributed by atoms with E-state index in [0.29, 0.717) is 56.0 Å². The lowest BCUT2D eigenvalue weighted by Gasteiger charge is -2.28. The van der Waals surface area contributed by atoms with E-state index in [2.05, 4.69) is 15.2 Å². The highest BCUT2D eigenvalue weighted by Gasteiger charge is 2.27.